The lowest BCUT2D eigenvalue weighted by atomic mass is 10.2. The number of pyridine rings is 1. The van der Waals surface area contributed by atoms with Gasteiger partial charge in [0, 0.05) is 25.0 Å². The summed E-state index contributed by atoms with van der Waals surface area (Å²) in [5, 5.41) is 14.0. The van der Waals surface area contributed by atoms with Crippen LogP contribution >= 0.6 is 0 Å². The first-order valence-electron chi connectivity index (χ1n) is 6.32. The van der Waals surface area contributed by atoms with Crippen LogP contribution in [0.3, 0.4) is 0 Å². The van der Waals surface area contributed by atoms with Crippen LogP contribution < -0.4 is 5.32 Å². The molecule has 0 radical (unpaired) electrons. The number of fused-ring (bicyclic) bond motifs is 1. The second-order valence-electron chi connectivity index (χ2n) is 4.56. The van der Waals surface area contributed by atoms with E-state index in [1.165, 1.54) is 6.07 Å². The highest BCUT2D eigenvalue weighted by Gasteiger charge is 2.17. The Bertz CT molecular complexity index is 813. The molecule has 7 heteroatoms. The van der Waals surface area contributed by atoms with Gasteiger partial charge in [0.25, 0.3) is 11.7 Å². The zero-order valence-corrected chi connectivity index (χ0v) is 11.2. The van der Waals surface area contributed by atoms with Crippen LogP contribution in [0.25, 0.3) is 11.1 Å². The smallest absolute Gasteiger partial charge is 0.298 e. The van der Waals surface area contributed by atoms with Gasteiger partial charge in [0.1, 0.15) is 0 Å². The number of para-hydroxylation sites is 1. The zero-order valence-electron chi connectivity index (χ0n) is 11.2. The van der Waals surface area contributed by atoms with Crippen LogP contribution in [-0.2, 0) is 6.54 Å². The summed E-state index contributed by atoms with van der Waals surface area (Å²) >= 11 is 0. The number of rotatable bonds is 4. The molecule has 0 aliphatic heterocycles. The molecule has 0 bridgehead atoms. The molecule has 3 aromatic rings. The quantitative estimate of drug-likeness (QED) is 0.584. The molecule has 0 saturated carbocycles. The first-order chi connectivity index (χ1) is 10.1. The fourth-order valence-electron chi connectivity index (χ4n) is 2.01. The van der Waals surface area contributed by atoms with Crippen LogP contribution in [0.2, 0.25) is 0 Å². The van der Waals surface area contributed by atoms with Gasteiger partial charge in [-0.15, -0.1) is 0 Å². The normalized spacial score (nSPS) is 10.7. The first-order valence-corrected chi connectivity index (χ1v) is 6.32. The van der Waals surface area contributed by atoms with Crippen molar-refractivity contribution in [3.05, 3.63) is 57.9 Å². The predicted molar refractivity (Wildman–Crippen MR) is 77.0 cm³/mol. The van der Waals surface area contributed by atoms with Gasteiger partial charge in [-0.3, -0.25) is 15.1 Å². The molecule has 1 aromatic carbocycles. The van der Waals surface area contributed by atoms with Crippen molar-refractivity contribution in [3.8, 4) is 0 Å². The molecule has 3 rings (SSSR count). The summed E-state index contributed by atoms with van der Waals surface area (Å²) in [7, 11) is 0. The number of aryl methyl sites for hydroxylation is 1. The Balaban J connectivity index is 1.87. The molecule has 0 unspecified atom stereocenters. The third-order valence-corrected chi connectivity index (χ3v) is 3.17. The standard InChI is InChI=1S/C14H12N4O3/c1-9-5-6-15-7-10(9)8-16-14-17-13-11(18(19)20)3-2-4-12(13)21-14/h2-7H,8H2,1H3,(H,16,17). The van der Waals surface area contributed by atoms with Crippen LogP contribution in [0.5, 0.6) is 0 Å². The number of oxazole rings is 1. The fourth-order valence-corrected chi connectivity index (χ4v) is 2.01. The van der Waals surface area contributed by atoms with Gasteiger partial charge < -0.3 is 9.73 Å². The van der Waals surface area contributed by atoms with Crippen molar-refractivity contribution in [1.29, 1.82) is 0 Å². The van der Waals surface area contributed by atoms with E-state index in [-0.39, 0.29) is 17.2 Å². The van der Waals surface area contributed by atoms with Crippen molar-refractivity contribution < 1.29 is 9.34 Å². The molecule has 0 aliphatic carbocycles. The first kappa shape index (κ1) is 13.0. The Morgan fingerprint density at radius 1 is 1.38 bits per heavy atom. The largest absolute Gasteiger partial charge is 0.423 e. The lowest BCUT2D eigenvalue weighted by Crippen LogP contribution is -2.01. The molecule has 106 valence electrons. The SMILES string of the molecule is Cc1ccncc1CNc1nc2c([N+](=O)[O-])cccc2o1. The summed E-state index contributed by atoms with van der Waals surface area (Å²) in [6.07, 6.45) is 3.48. The van der Waals surface area contributed by atoms with E-state index in [2.05, 4.69) is 15.3 Å². The monoisotopic (exact) mass is 284 g/mol. The number of nitro benzene ring substituents is 1. The number of aromatic nitrogens is 2. The van der Waals surface area contributed by atoms with Crippen molar-refractivity contribution in [2.45, 2.75) is 13.5 Å². The Morgan fingerprint density at radius 2 is 2.24 bits per heavy atom. The van der Waals surface area contributed by atoms with Crippen molar-refractivity contribution in [2.24, 2.45) is 0 Å². The maximum atomic E-state index is 10.9. The van der Waals surface area contributed by atoms with Gasteiger partial charge in [0.15, 0.2) is 11.1 Å². The maximum Gasteiger partial charge on any atom is 0.298 e. The summed E-state index contributed by atoms with van der Waals surface area (Å²) < 4.78 is 5.47. The van der Waals surface area contributed by atoms with Gasteiger partial charge in [-0.2, -0.15) is 4.98 Å². The highest BCUT2D eigenvalue weighted by atomic mass is 16.6. The van der Waals surface area contributed by atoms with E-state index in [1.807, 2.05) is 13.0 Å². The molecule has 2 aromatic heterocycles. The minimum Gasteiger partial charge on any atom is -0.423 e. The van der Waals surface area contributed by atoms with Crippen molar-refractivity contribution in [1.82, 2.24) is 9.97 Å². The van der Waals surface area contributed by atoms with Crippen molar-refractivity contribution in [3.63, 3.8) is 0 Å². The highest BCUT2D eigenvalue weighted by molar-refractivity contribution is 5.83. The molecule has 1 N–H and O–H groups in total. The Morgan fingerprint density at radius 3 is 3.00 bits per heavy atom. The van der Waals surface area contributed by atoms with E-state index < -0.39 is 4.92 Å². The highest BCUT2D eigenvalue weighted by Crippen LogP contribution is 2.27. The molecule has 0 fully saturated rings. The minimum absolute atomic E-state index is 0.0677. The molecule has 0 spiro atoms. The van der Waals surface area contributed by atoms with Crippen LogP contribution in [0, 0.1) is 17.0 Å². The van der Waals surface area contributed by atoms with Gasteiger partial charge in [-0.05, 0) is 30.2 Å². The Hall–Kier alpha value is -2.96. The summed E-state index contributed by atoms with van der Waals surface area (Å²) in [6, 6.07) is 6.78. The van der Waals surface area contributed by atoms with E-state index in [0.29, 0.717) is 12.1 Å². The number of nitrogens with zero attached hydrogens (tertiary/aromatic N) is 3. The number of benzene rings is 1. The van der Waals surface area contributed by atoms with Crippen LogP contribution in [0.1, 0.15) is 11.1 Å². The Labute approximate surface area is 119 Å². The van der Waals surface area contributed by atoms with Crippen LogP contribution in [-0.4, -0.2) is 14.9 Å². The van der Waals surface area contributed by atoms with E-state index in [9.17, 15) is 10.1 Å². The Kier molecular flexibility index (Phi) is 3.23. The molecule has 0 atom stereocenters. The van der Waals surface area contributed by atoms with E-state index in [4.69, 9.17) is 4.42 Å². The average molecular weight is 284 g/mol. The summed E-state index contributed by atoms with van der Waals surface area (Å²) in [5.41, 5.74) is 2.67. The third-order valence-electron chi connectivity index (χ3n) is 3.17. The number of hydrogen-bond acceptors (Lipinski definition) is 6. The number of non-ortho nitro benzene ring substituents is 1. The maximum absolute atomic E-state index is 10.9. The molecule has 0 aliphatic rings. The van der Waals surface area contributed by atoms with Gasteiger partial charge >= 0.3 is 0 Å². The van der Waals surface area contributed by atoms with Crippen LogP contribution in [0.4, 0.5) is 11.7 Å². The molecule has 21 heavy (non-hydrogen) atoms. The number of hydrogen-bond donors (Lipinski definition) is 1. The lowest BCUT2D eigenvalue weighted by molar-refractivity contribution is -0.383. The molecule has 7 nitrogen and oxygen atoms in total. The fraction of sp³-hybridized carbons (Fsp3) is 0.143. The molecule has 2 heterocycles. The summed E-state index contributed by atoms with van der Waals surface area (Å²) in [5.74, 6) is 0. The second-order valence-corrected chi connectivity index (χ2v) is 4.56. The zero-order chi connectivity index (χ0) is 14.8. The molecule has 0 saturated heterocycles. The third kappa shape index (κ3) is 2.53. The van der Waals surface area contributed by atoms with Gasteiger partial charge in [-0.1, -0.05) is 6.07 Å². The topological polar surface area (TPSA) is 94.1 Å². The van der Waals surface area contributed by atoms with Gasteiger partial charge in [0.2, 0.25) is 0 Å². The van der Waals surface area contributed by atoms with E-state index in [1.54, 1.807) is 24.5 Å². The minimum atomic E-state index is -0.472. The van der Waals surface area contributed by atoms with E-state index >= 15 is 0 Å². The predicted octanol–water partition coefficient (Wildman–Crippen LogP) is 3.05. The van der Waals surface area contributed by atoms with Crippen molar-refractivity contribution >= 4 is 22.8 Å². The number of nitrogens with one attached hydrogen (secondary N) is 1. The van der Waals surface area contributed by atoms with Crippen LogP contribution in [0.15, 0.2) is 41.1 Å². The molecule has 0 amide bonds. The lowest BCUT2D eigenvalue weighted by Gasteiger charge is -2.04. The average Bonchev–Trinajstić information content (AvgIpc) is 2.88. The van der Waals surface area contributed by atoms with Gasteiger partial charge in [-0.25, -0.2) is 0 Å². The summed E-state index contributed by atoms with van der Waals surface area (Å²) in [6.45, 7) is 2.47. The summed E-state index contributed by atoms with van der Waals surface area (Å²) in [4.78, 5) is 18.7. The molecular weight excluding hydrogens is 272 g/mol. The van der Waals surface area contributed by atoms with E-state index in [0.717, 1.165) is 11.1 Å². The van der Waals surface area contributed by atoms with Crippen molar-refractivity contribution in [2.75, 3.05) is 5.32 Å². The van der Waals surface area contributed by atoms with Gasteiger partial charge in [0.05, 0.1) is 4.92 Å². The number of anilines is 1. The molecular formula is C14H12N4O3. The second kappa shape index (κ2) is 5.20. The number of nitro groups is 1.